The first kappa shape index (κ1) is 22.3. The van der Waals surface area contributed by atoms with Gasteiger partial charge in [0.25, 0.3) is 5.91 Å². The molecule has 0 saturated heterocycles. The number of anilines is 1. The highest BCUT2D eigenvalue weighted by atomic mass is 16.4. The van der Waals surface area contributed by atoms with Gasteiger partial charge in [-0.3, -0.25) is 30.6 Å². The highest BCUT2D eigenvalue weighted by molar-refractivity contribution is 5.98. The summed E-state index contributed by atoms with van der Waals surface area (Å²) in [7, 11) is 0. The molecule has 0 bridgehead atoms. The largest absolute Gasteiger partial charge is 0.481 e. The van der Waals surface area contributed by atoms with E-state index in [1.807, 2.05) is 0 Å². The number of ketones is 1. The standard InChI is InChI=1S/C19H27N5O5/c20-19(21)23-13-7-3-6-12(8-13)18(29)22-10-15(25)24-14(9-16(26)27)17(28)11-4-1-2-5-11/h3,6-8,11,14,19,23H,1-2,4-5,9-10,20-21H2,(H,22,29)(H,24,25)(H,26,27). The van der Waals surface area contributed by atoms with Crippen molar-refractivity contribution in [3.8, 4) is 0 Å². The molecule has 10 nitrogen and oxygen atoms in total. The van der Waals surface area contributed by atoms with E-state index in [0.717, 1.165) is 12.8 Å². The number of nitrogens with one attached hydrogen (secondary N) is 3. The molecule has 158 valence electrons. The zero-order valence-corrected chi connectivity index (χ0v) is 16.0. The Morgan fingerprint density at radius 1 is 1.14 bits per heavy atom. The van der Waals surface area contributed by atoms with Crippen molar-refractivity contribution in [3.63, 3.8) is 0 Å². The zero-order chi connectivity index (χ0) is 21.4. The molecule has 1 aliphatic rings. The summed E-state index contributed by atoms with van der Waals surface area (Å²) in [6.45, 7) is -0.388. The number of carboxylic acids is 1. The van der Waals surface area contributed by atoms with Crippen LogP contribution in [0.1, 0.15) is 42.5 Å². The van der Waals surface area contributed by atoms with Crippen molar-refractivity contribution in [2.75, 3.05) is 11.9 Å². The number of hydrogen-bond donors (Lipinski definition) is 6. The predicted molar refractivity (Wildman–Crippen MR) is 106 cm³/mol. The fourth-order valence-electron chi connectivity index (χ4n) is 3.34. The van der Waals surface area contributed by atoms with Crippen molar-refractivity contribution in [3.05, 3.63) is 29.8 Å². The van der Waals surface area contributed by atoms with Gasteiger partial charge >= 0.3 is 5.97 Å². The van der Waals surface area contributed by atoms with Crippen molar-refractivity contribution in [2.24, 2.45) is 17.4 Å². The smallest absolute Gasteiger partial charge is 0.305 e. The van der Waals surface area contributed by atoms with Crippen LogP contribution in [-0.2, 0) is 14.4 Å². The topological polar surface area (TPSA) is 177 Å². The normalized spacial score (nSPS) is 15.0. The second kappa shape index (κ2) is 10.5. The quantitative estimate of drug-likeness (QED) is 0.289. The van der Waals surface area contributed by atoms with Gasteiger partial charge in [-0.05, 0) is 31.0 Å². The molecular weight excluding hydrogens is 378 g/mol. The van der Waals surface area contributed by atoms with Gasteiger partial charge in [0.2, 0.25) is 5.91 Å². The van der Waals surface area contributed by atoms with Crippen molar-refractivity contribution >= 4 is 29.3 Å². The molecule has 0 spiro atoms. The molecule has 1 saturated carbocycles. The summed E-state index contributed by atoms with van der Waals surface area (Å²) in [5, 5.41) is 16.7. The molecule has 0 heterocycles. The molecule has 8 N–H and O–H groups in total. The molecule has 1 aliphatic carbocycles. The van der Waals surface area contributed by atoms with Crippen LogP contribution in [0.15, 0.2) is 24.3 Å². The van der Waals surface area contributed by atoms with Crippen LogP contribution in [0, 0.1) is 5.92 Å². The lowest BCUT2D eigenvalue weighted by Crippen LogP contribution is -2.48. The van der Waals surface area contributed by atoms with Gasteiger partial charge in [-0.25, -0.2) is 0 Å². The van der Waals surface area contributed by atoms with Crippen molar-refractivity contribution in [1.82, 2.24) is 10.6 Å². The number of nitrogens with two attached hydrogens (primary N) is 2. The molecule has 2 amide bonds. The summed E-state index contributed by atoms with van der Waals surface area (Å²) in [5.41, 5.74) is 11.7. The van der Waals surface area contributed by atoms with Gasteiger partial charge in [0.05, 0.1) is 19.0 Å². The maximum atomic E-state index is 12.5. The summed E-state index contributed by atoms with van der Waals surface area (Å²) in [6, 6.07) is 5.29. The number of amides is 2. The first-order valence-electron chi connectivity index (χ1n) is 9.47. The van der Waals surface area contributed by atoms with Crippen molar-refractivity contribution < 1.29 is 24.3 Å². The van der Waals surface area contributed by atoms with Crippen LogP contribution in [0.5, 0.6) is 0 Å². The molecule has 1 fully saturated rings. The molecular formula is C19H27N5O5. The summed E-state index contributed by atoms with van der Waals surface area (Å²) < 4.78 is 0. The van der Waals surface area contributed by atoms with Gasteiger partial charge in [0.15, 0.2) is 5.78 Å². The number of benzene rings is 1. The third-order valence-corrected chi connectivity index (χ3v) is 4.68. The second-order valence-electron chi connectivity index (χ2n) is 7.04. The number of rotatable bonds is 10. The van der Waals surface area contributed by atoms with Crippen LogP contribution < -0.4 is 27.4 Å². The minimum Gasteiger partial charge on any atom is -0.481 e. The highest BCUT2D eigenvalue weighted by Crippen LogP contribution is 2.27. The van der Waals surface area contributed by atoms with E-state index in [4.69, 9.17) is 16.6 Å². The number of carboxylic acid groups (broad SMARTS) is 1. The van der Waals surface area contributed by atoms with E-state index in [0.29, 0.717) is 18.5 Å². The van der Waals surface area contributed by atoms with E-state index in [2.05, 4.69) is 16.0 Å². The van der Waals surface area contributed by atoms with Crippen LogP contribution in [0.25, 0.3) is 0 Å². The number of hydrogen-bond acceptors (Lipinski definition) is 7. The van der Waals surface area contributed by atoms with Gasteiger partial charge in [0.1, 0.15) is 6.29 Å². The van der Waals surface area contributed by atoms with Crippen LogP contribution in [0.3, 0.4) is 0 Å². The Hall–Kier alpha value is -2.98. The van der Waals surface area contributed by atoms with Gasteiger partial charge in [0, 0.05) is 17.2 Å². The van der Waals surface area contributed by atoms with Gasteiger partial charge in [-0.1, -0.05) is 18.9 Å². The third-order valence-electron chi connectivity index (χ3n) is 4.68. The Balaban J connectivity index is 1.91. The van der Waals surface area contributed by atoms with E-state index in [9.17, 15) is 19.2 Å². The molecule has 1 atom stereocenters. The monoisotopic (exact) mass is 405 g/mol. The van der Waals surface area contributed by atoms with Gasteiger partial charge in [-0.15, -0.1) is 0 Å². The first-order chi connectivity index (χ1) is 13.8. The lowest BCUT2D eigenvalue weighted by molar-refractivity contribution is -0.140. The van der Waals surface area contributed by atoms with E-state index in [1.54, 1.807) is 18.2 Å². The molecule has 2 rings (SSSR count). The maximum Gasteiger partial charge on any atom is 0.305 e. The lowest BCUT2D eigenvalue weighted by atomic mass is 9.94. The van der Waals surface area contributed by atoms with Crippen molar-refractivity contribution in [2.45, 2.75) is 44.4 Å². The fourth-order valence-corrected chi connectivity index (χ4v) is 3.34. The van der Waals surface area contributed by atoms with E-state index in [1.165, 1.54) is 6.07 Å². The van der Waals surface area contributed by atoms with Crippen LogP contribution >= 0.6 is 0 Å². The predicted octanol–water partition coefficient (Wildman–Crippen LogP) is -0.252. The molecule has 1 unspecified atom stereocenters. The number of carbonyl (C=O) groups is 4. The average Bonchev–Trinajstić information content (AvgIpc) is 3.19. The van der Waals surface area contributed by atoms with Crippen LogP contribution in [0.2, 0.25) is 0 Å². The Labute approximate surface area is 168 Å². The zero-order valence-electron chi connectivity index (χ0n) is 16.0. The fraction of sp³-hybridized carbons (Fsp3) is 0.474. The SMILES string of the molecule is NC(N)Nc1cccc(C(=O)NCC(=O)NC(CC(=O)O)C(=O)C2CCCC2)c1. The lowest BCUT2D eigenvalue weighted by Gasteiger charge is -2.19. The molecule has 0 aliphatic heterocycles. The number of aliphatic carboxylic acids is 1. The molecule has 1 aromatic rings. The second-order valence-corrected chi connectivity index (χ2v) is 7.04. The molecule has 10 heteroatoms. The Morgan fingerprint density at radius 2 is 1.83 bits per heavy atom. The minimum absolute atomic E-state index is 0.224. The molecule has 1 aromatic carbocycles. The summed E-state index contributed by atoms with van der Waals surface area (Å²) in [5.74, 6) is -2.80. The minimum atomic E-state index is -1.17. The van der Waals surface area contributed by atoms with E-state index < -0.39 is 36.5 Å². The summed E-state index contributed by atoms with van der Waals surface area (Å²) in [6.07, 6.45) is 1.98. The molecule has 29 heavy (non-hydrogen) atoms. The van der Waals surface area contributed by atoms with Gasteiger partial charge < -0.3 is 21.1 Å². The maximum absolute atomic E-state index is 12.5. The average molecular weight is 405 g/mol. The Morgan fingerprint density at radius 3 is 2.45 bits per heavy atom. The first-order valence-corrected chi connectivity index (χ1v) is 9.47. The molecule has 0 aromatic heterocycles. The van der Waals surface area contributed by atoms with Crippen molar-refractivity contribution in [1.29, 1.82) is 0 Å². The van der Waals surface area contributed by atoms with Crippen LogP contribution in [-0.4, -0.2) is 47.5 Å². The number of carbonyl (C=O) groups excluding carboxylic acids is 3. The Bertz CT molecular complexity index is 761. The molecule has 0 radical (unpaired) electrons. The van der Waals surface area contributed by atoms with E-state index >= 15 is 0 Å². The van der Waals surface area contributed by atoms with E-state index in [-0.39, 0.29) is 23.8 Å². The Kier molecular flexibility index (Phi) is 8.10. The third kappa shape index (κ3) is 7.16. The summed E-state index contributed by atoms with van der Waals surface area (Å²) >= 11 is 0. The van der Waals surface area contributed by atoms with Crippen LogP contribution in [0.4, 0.5) is 5.69 Å². The van der Waals surface area contributed by atoms with Gasteiger partial charge in [-0.2, -0.15) is 0 Å². The number of Topliss-reactive ketones (excluding diaryl/α,β-unsaturated/α-hetero) is 1. The highest BCUT2D eigenvalue weighted by Gasteiger charge is 2.31. The summed E-state index contributed by atoms with van der Waals surface area (Å²) in [4.78, 5) is 48.0.